The smallest absolute Gasteiger partial charge is 0.271 e. The van der Waals surface area contributed by atoms with Crippen LogP contribution in [0.2, 0.25) is 0 Å². The van der Waals surface area contributed by atoms with Crippen molar-refractivity contribution in [3.05, 3.63) is 117 Å². The molecule has 10 bridgehead atoms. The average molecular weight is 1260 g/mol. The average Bonchev–Trinajstić information content (AvgIpc) is 2.88. The largest absolute Gasteiger partial charge is 0.386 e. The molecule has 4 atom stereocenters. The second-order valence-corrected chi connectivity index (χ2v) is 26.4. The quantitative estimate of drug-likeness (QED) is 0.0592. The SMILES string of the molecule is CNC(=O)CC1NC(=O)c2csc(n2)-c2ccc(-c3nc(C(=O)NCCCN4CCOCC4)cs3)nc2-c2csc(n2)-c2csc(n2)C(C(O)c2ccccc2)NC(=O)CNC(=O)c2nc(sc2CN(C)C)C(C(C)C)NC(=O)c2nc1sc2C. The van der Waals surface area contributed by atoms with Crippen molar-refractivity contribution in [2.24, 2.45) is 5.92 Å². The molecule has 29 heteroatoms. The van der Waals surface area contributed by atoms with Gasteiger partial charge in [-0.2, -0.15) is 0 Å². The Morgan fingerprint density at radius 2 is 1.45 bits per heavy atom. The maximum atomic E-state index is 14.3. The summed E-state index contributed by atoms with van der Waals surface area (Å²) in [6, 6.07) is 9.72. The number of aliphatic hydroxyl groups is 1. The zero-order valence-electron chi connectivity index (χ0n) is 47.1. The highest BCUT2D eigenvalue weighted by atomic mass is 32.1. The molecule has 1 fully saturated rings. The summed E-state index contributed by atoms with van der Waals surface area (Å²) in [5, 5.41) is 38.6. The number of nitrogens with one attached hydrogen (secondary N) is 6. The Morgan fingerprint density at radius 1 is 0.729 bits per heavy atom. The summed E-state index contributed by atoms with van der Waals surface area (Å²) in [6.45, 7) is 9.85. The summed E-state index contributed by atoms with van der Waals surface area (Å²) in [7, 11) is 5.19. The fourth-order valence-corrected chi connectivity index (χ4v) is 15.0. The van der Waals surface area contributed by atoms with Gasteiger partial charge in [-0.3, -0.25) is 33.7 Å². The molecule has 7 N–H and O–H groups in total. The van der Waals surface area contributed by atoms with Crippen LogP contribution in [0.5, 0.6) is 0 Å². The van der Waals surface area contributed by atoms with E-state index < -0.39 is 54.4 Å². The van der Waals surface area contributed by atoms with Crippen LogP contribution in [0.4, 0.5) is 0 Å². The van der Waals surface area contributed by atoms with Gasteiger partial charge in [0.15, 0.2) is 0 Å². The van der Waals surface area contributed by atoms with Crippen molar-refractivity contribution in [3.63, 3.8) is 0 Å². The van der Waals surface area contributed by atoms with E-state index in [1.165, 1.54) is 63.7 Å². The van der Waals surface area contributed by atoms with Crippen LogP contribution in [-0.4, -0.2) is 152 Å². The van der Waals surface area contributed by atoms with Gasteiger partial charge in [-0.15, -0.1) is 68.0 Å². The molecule has 9 heterocycles. The standard InChI is InChI=1S/C56H61N15O8S6/c1-28(2)41-56-69-44(38(85-56)23-70(5)6)49(77)59-22-40(73)66-45(46(74)30-11-8-7-9-12-30)55-65-37(27-83-55)53-62-34(24-81-53)43-31(13-14-32(60-43)52-64-35(25-82-52)47(75)58-15-10-16-71-17-19-79-20-18-71)51-63-36(26-80-51)48(76)61-33(21-39(72)57-4)54-68-42(29(3)84-54)50(78)67-41/h7-9,11-14,24-28,33,41,45-46,74H,10,15-23H2,1-6H3,(H,57,72)(H,58,75)(H,59,77)(H,61,76)(H,66,73)(H,67,78). The summed E-state index contributed by atoms with van der Waals surface area (Å²) in [6.07, 6.45) is -0.684. The predicted molar refractivity (Wildman–Crippen MR) is 328 cm³/mol. The molecular weight excluding hydrogens is 1200 g/mol. The molecule has 8 aromatic rings. The normalized spacial score (nSPS) is 17.6. The Balaban J connectivity index is 1.02. The Labute approximate surface area is 513 Å². The summed E-state index contributed by atoms with van der Waals surface area (Å²) in [4.78, 5) is 123. The number of benzene rings is 1. The van der Waals surface area contributed by atoms with E-state index in [0.717, 1.165) is 37.4 Å². The summed E-state index contributed by atoms with van der Waals surface area (Å²) < 4.78 is 5.45. The van der Waals surface area contributed by atoms with Crippen molar-refractivity contribution in [3.8, 4) is 43.4 Å². The van der Waals surface area contributed by atoms with Crippen LogP contribution in [-0.2, 0) is 20.9 Å². The third-order valence-corrected chi connectivity index (χ3v) is 19.4. The number of carbonyl (C=O) groups excluding carboxylic acids is 6. The summed E-state index contributed by atoms with van der Waals surface area (Å²) in [5.74, 6) is -3.25. The Morgan fingerprint density at radius 3 is 2.21 bits per heavy atom. The number of hydrogen-bond acceptors (Lipinski definition) is 23. The molecule has 1 saturated heterocycles. The lowest BCUT2D eigenvalue weighted by Gasteiger charge is -2.26. The molecule has 1 aromatic carbocycles. The molecule has 6 amide bonds. The first-order chi connectivity index (χ1) is 41.0. The van der Waals surface area contributed by atoms with E-state index in [-0.39, 0.29) is 46.9 Å². The van der Waals surface area contributed by atoms with Crippen LogP contribution < -0.4 is 31.9 Å². The molecule has 23 nitrogen and oxygen atoms in total. The van der Waals surface area contributed by atoms with Crippen LogP contribution in [0, 0.1) is 12.8 Å². The molecule has 2 aliphatic heterocycles. The second kappa shape index (κ2) is 27.5. The zero-order chi connectivity index (χ0) is 59.9. The van der Waals surface area contributed by atoms with Crippen molar-refractivity contribution >= 4 is 103 Å². The molecule has 0 radical (unpaired) electrons. The summed E-state index contributed by atoms with van der Waals surface area (Å²) >= 11 is 7.39. The monoisotopic (exact) mass is 1260 g/mol. The van der Waals surface area contributed by atoms with E-state index in [9.17, 15) is 33.9 Å². The molecule has 4 unspecified atom stereocenters. The van der Waals surface area contributed by atoms with Gasteiger partial charge in [-0.1, -0.05) is 44.2 Å². The minimum Gasteiger partial charge on any atom is -0.386 e. The molecule has 85 heavy (non-hydrogen) atoms. The molecule has 2 aliphatic rings. The zero-order valence-corrected chi connectivity index (χ0v) is 52.0. The van der Waals surface area contributed by atoms with Crippen LogP contribution in [0.25, 0.3) is 43.4 Å². The van der Waals surface area contributed by atoms with Crippen LogP contribution in [0.15, 0.2) is 64.0 Å². The number of amides is 6. The summed E-state index contributed by atoms with van der Waals surface area (Å²) in [5.41, 5.74) is 3.24. The lowest BCUT2D eigenvalue weighted by atomic mass is 10.0. The molecule has 444 valence electrons. The second-order valence-electron chi connectivity index (χ2n) is 20.5. The number of thiazole rings is 6. The predicted octanol–water partition coefficient (Wildman–Crippen LogP) is 6.68. The number of pyridine rings is 1. The van der Waals surface area contributed by atoms with Crippen LogP contribution >= 0.6 is 68.0 Å². The van der Waals surface area contributed by atoms with Crippen molar-refractivity contribution in [2.75, 3.05) is 67.1 Å². The van der Waals surface area contributed by atoms with E-state index in [1.54, 1.807) is 53.4 Å². The van der Waals surface area contributed by atoms with Gasteiger partial charge in [-0.05, 0) is 57.6 Å². The number of rotatable bonds is 13. The number of morpholine rings is 1. The highest BCUT2D eigenvalue weighted by Crippen LogP contribution is 2.40. The van der Waals surface area contributed by atoms with E-state index in [4.69, 9.17) is 39.6 Å². The van der Waals surface area contributed by atoms with Crippen molar-refractivity contribution in [2.45, 2.75) is 64.4 Å². The molecule has 0 aliphatic carbocycles. The molecule has 10 rings (SSSR count). The fourth-order valence-electron chi connectivity index (χ4n) is 9.27. The highest BCUT2D eigenvalue weighted by Gasteiger charge is 2.33. The first-order valence-electron chi connectivity index (χ1n) is 27.2. The third-order valence-electron chi connectivity index (χ3n) is 13.7. The van der Waals surface area contributed by atoms with Crippen molar-refractivity contribution in [1.29, 1.82) is 0 Å². The lowest BCUT2D eigenvalue weighted by molar-refractivity contribution is -0.122. The van der Waals surface area contributed by atoms with Gasteiger partial charge in [0.1, 0.15) is 82.0 Å². The van der Waals surface area contributed by atoms with Crippen LogP contribution in [0.1, 0.15) is 123 Å². The maximum Gasteiger partial charge on any atom is 0.271 e. The minimum atomic E-state index is -1.26. The Kier molecular flexibility index (Phi) is 19.7. The third kappa shape index (κ3) is 14.6. The minimum absolute atomic E-state index is 0.0471. The van der Waals surface area contributed by atoms with Gasteiger partial charge in [0.2, 0.25) is 11.8 Å². The van der Waals surface area contributed by atoms with Crippen LogP contribution in [0.3, 0.4) is 0 Å². The number of carbonyl (C=O) groups is 6. The molecule has 0 spiro atoms. The van der Waals surface area contributed by atoms with Gasteiger partial charge >= 0.3 is 0 Å². The number of aliphatic hydroxyl groups excluding tert-OH is 1. The molecule has 7 aromatic heterocycles. The Hall–Kier alpha value is -7.19. The van der Waals surface area contributed by atoms with Gasteiger partial charge in [-0.25, -0.2) is 34.9 Å². The topological polar surface area (TPSA) is 301 Å². The molecular formula is C56H61N15O8S6. The number of aromatic nitrogens is 7. The number of ether oxygens (including phenoxy) is 1. The van der Waals surface area contributed by atoms with Gasteiger partial charge < -0.3 is 46.6 Å². The Bertz CT molecular complexity index is 3720. The van der Waals surface area contributed by atoms with E-state index >= 15 is 0 Å². The van der Waals surface area contributed by atoms with E-state index in [0.29, 0.717) is 100 Å². The maximum absolute atomic E-state index is 14.3. The number of nitrogens with zero attached hydrogens (tertiary/aromatic N) is 9. The first-order valence-corrected chi connectivity index (χ1v) is 32.3. The van der Waals surface area contributed by atoms with E-state index in [2.05, 4.69) is 36.8 Å². The van der Waals surface area contributed by atoms with Gasteiger partial charge in [0.05, 0.1) is 48.8 Å². The first kappa shape index (κ1) is 60.9. The van der Waals surface area contributed by atoms with Gasteiger partial charge in [0, 0.05) is 65.2 Å². The van der Waals surface area contributed by atoms with E-state index in [1.807, 2.05) is 50.4 Å². The van der Waals surface area contributed by atoms with Gasteiger partial charge in [0.25, 0.3) is 23.6 Å². The molecule has 0 saturated carbocycles. The number of fused-ring (bicyclic) bond motifs is 14. The number of aryl methyl sites for hydroxylation is 1. The number of hydrogen-bond donors (Lipinski definition) is 7. The van der Waals surface area contributed by atoms with Crippen molar-refractivity contribution < 1.29 is 38.6 Å². The fraction of sp³-hybridized carbons (Fsp3) is 0.375. The lowest BCUT2D eigenvalue weighted by Crippen LogP contribution is -2.40. The highest BCUT2D eigenvalue weighted by molar-refractivity contribution is 7.15. The van der Waals surface area contributed by atoms with Crippen molar-refractivity contribution in [1.82, 2.24) is 76.6 Å².